The van der Waals surface area contributed by atoms with Crippen LogP contribution < -0.4 is 10.1 Å². The lowest BCUT2D eigenvalue weighted by Gasteiger charge is -2.23. The molecule has 0 radical (unpaired) electrons. The molecular formula is C12H18ClFN2O3S. The highest BCUT2D eigenvalue weighted by molar-refractivity contribution is 7.89. The molecule has 20 heavy (non-hydrogen) atoms. The average Bonchev–Trinajstić information content (AvgIpc) is 2.91. The molecule has 114 valence electrons. The topological polar surface area (TPSA) is 58.6 Å². The van der Waals surface area contributed by atoms with Crippen molar-refractivity contribution in [2.24, 2.45) is 0 Å². The highest BCUT2D eigenvalue weighted by Gasteiger charge is 2.30. The van der Waals surface area contributed by atoms with Crippen molar-refractivity contribution in [2.45, 2.75) is 17.4 Å². The number of sulfonamides is 1. The summed E-state index contributed by atoms with van der Waals surface area (Å²) in [5, 5.41) is 3.12. The Labute approximate surface area is 124 Å². The minimum atomic E-state index is -3.63. The van der Waals surface area contributed by atoms with E-state index in [9.17, 15) is 12.8 Å². The third kappa shape index (κ3) is 3.22. The Hall–Kier alpha value is -0.890. The Morgan fingerprint density at radius 3 is 2.70 bits per heavy atom. The Morgan fingerprint density at radius 1 is 1.45 bits per heavy atom. The number of methoxy groups -OCH3 is 1. The minimum Gasteiger partial charge on any atom is -0.494 e. The summed E-state index contributed by atoms with van der Waals surface area (Å²) in [7, 11) is -0.776. The molecule has 0 bridgehead atoms. The van der Waals surface area contributed by atoms with Gasteiger partial charge in [-0.2, -0.15) is 4.31 Å². The highest BCUT2D eigenvalue weighted by Crippen LogP contribution is 2.25. The van der Waals surface area contributed by atoms with Crippen molar-refractivity contribution in [1.29, 1.82) is 0 Å². The van der Waals surface area contributed by atoms with E-state index in [0.717, 1.165) is 19.0 Å². The summed E-state index contributed by atoms with van der Waals surface area (Å²) in [6.45, 7) is 1.44. The van der Waals surface area contributed by atoms with Gasteiger partial charge in [0.25, 0.3) is 0 Å². The zero-order valence-electron chi connectivity index (χ0n) is 11.3. The van der Waals surface area contributed by atoms with Crippen molar-refractivity contribution < 1.29 is 17.5 Å². The molecule has 1 heterocycles. The van der Waals surface area contributed by atoms with Crippen molar-refractivity contribution in [3.05, 3.63) is 24.0 Å². The molecule has 1 fully saturated rings. The summed E-state index contributed by atoms with van der Waals surface area (Å²) in [6.07, 6.45) is 0.772. The fraction of sp³-hybridized carbons (Fsp3) is 0.500. The first-order chi connectivity index (χ1) is 8.96. The van der Waals surface area contributed by atoms with Gasteiger partial charge in [-0.3, -0.25) is 0 Å². The highest BCUT2D eigenvalue weighted by atomic mass is 35.5. The maximum absolute atomic E-state index is 13.3. The Kier molecular flexibility index (Phi) is 5.76. The van der Waals surface area contributed by atoms with E-state index in [4.69, 9.17) is 4.74 Å². The van der Waals surface area contributed by atoms with E-state index in [0.29, 0.717) is 6.54 Å². The monoisotopic (exact) mass is 324 g/mol. The molecular weight excluding hydrogens is 307 g/mol. The van der Waals surface area contributed by atoms with Gasteiger partial charge in [0, 0.05) is 25.7 Å². The maximum atomic E-state index is 13.3. The van der Waals surface area contributed by atoms with Gasteiger partial charge < -0.3 is 10.1 Å². The second-order valence-electron chi connectivity index (χ2n) is 4.46. The van der Waals surface area contributed by atoms with Crippen LogP contribution in [-0.4, -0.2) is 46.0 Å². The van der Waals surface area contributed by atoms with Crippen LogP contribution in [0.1, 0.15) is 6.42 Å². The van der Waals surface area contributed by atoms with Crippen LogP contribution in [-0.2, 0) is 10.0 Å². The standard InChI is InChI=1S/C12H17FN2O3S.ClH/c1-15(9-5-6-14-8-9)19(16,17)10-3-4-11(13)12(7-10)18-2;/h3-4,7,9,14H,5-6,8H2,1-2H3;1H. The summed E-state index contributed by atoms with van der Waals surface area (Å²) < 4.78 is 44.3. The second-order valence-corrected chi connectivity index (χ2v) is 6.46. The summed E-state index contributed by atoms with van der Waals surface area (Å²) in [5.41, 5.74) is 0. The molecule has 8 heteroatoms. The molecule has 1 saturated heterocycles. The van der Waals surface area contributed by atoms with Crippen molar-refractivity contribution in [1.82, 2.24) is 9.62 Å². The smallest absolute Gasteiger partial charge is 0.243 e. The van der Waals surface area contributed by atoms with Gasteiger partial charge in [0.2, 0.25) is 10.0 Å². The molecule has 5 nitrogen and oxygen atoms in total. The van der Waals surface area contributed by atoms with Crippen molar-refractivity contribution in [3.8, 4) is 5.75 Å². The van der Waals surface area contributed by atoms with E-state index in [-0.39, 0.29) is 29.1 Å². The Morgan fingerprint density at radius 2 is 2.15 bits per heavy atom. The van der Waals surface area contributed by atoms with E-state index in [2.05, 4.69) is 5.32 Å². The normalized spacial score (nSPS) is 18.9. The molecule has 0 amide bonds. The molecule has 1 aromatic carbocycles. The van der Waals surface area contributed by atoms with Crippen LogP contribution in [0.2, 0.25) is 0 Å². The van der Waals surface area contributed by atoms with E-state index in [1.807, 2.05) is 0 Å². The zero-order valence-corrected chi connectivity index (χ0v) is 12.9. The lowest BCUT2D eigenvalue weighted by Crippen LogP contribution is -2.38. The van der Waals surface area contributed by atoms with Gasteiger partial charge in [-0.15, -0.1) is 12.4 Å². The summed E-state index contributed by atoms with van der Waals surface area (Å²) in [6, 6.07) is 3.50. The number of likely N-dealkylation sites (N-methyl/N-ethyl adjacent to an activating group) is 1. The van der Waals surface area contributed by atoms with Gasteiger partial charge >= 0.3 is 0 Å². The fourth-order valence-electron chi connectivity index (χ4n) is 2.11. The predicted molar refractivity (Wildman–Crippen MR) is 76.4 cm³/mol. The maximum Gasteiger partial charge on any atom is 0.243 e. The number of benzene rings is 1. The van der Waals surface area contributed by atoms with E-state index < -0.39 is 15.8 Å². The number of rotatable bonds is 4. The Bertz CT molecular complexity index is 562. The molecule has 1 aliphatic heterocycles. The van der Waals surface area contributed by atoms with Gasteiger partial charge in [0.1, 0.15) is 0 Å². The molecule has 0 spiro atoms. The second kappa shape index (κ2) is 6.71. The fourth-order valence-corrected chi connectivity index (χ4v) is 3.51. The summed E-state index contributed by atoms with van der Waals surface area (Å²) in [5.74, 6) is -0.648. The quantitative estimate of drug-likeness (QED) is 0.905. The molecule has 0 aromatic heterocycles. The van der Waals surface area contributed by atoms with E-state index in [1.165, 1.54) is 23.5 Å². The molecule has 1 aliphatic rings. The first-order valence-electron chi connectivity index (χ1n) is 5.99. The van der Waals surface area contributed by atoms with Crippen LogP contribution in [0.5, 0.6) is 5.75 Å². The number of hydrogen-bond acceptors (Lipinski definition) is 4. The molecule has 0 aliphatic carbocycles. The summed E-state index contributed by atoms with van der Waals surface area (Å²) >= 11 is 0. The third-order valence-corrected chi connectivity index (χ3v) is 5.25. The molecule has 2 rings (SSSR count). The molecule has 0 saturated carbocycles. The number of ether oxygens (including phenoxy) is 1. The van der Waals surface area contributed by atoms with Crippen molar-refractivity contribution in [2.75, 3.05) is 27.2 Å². The zero-order chi connectivity index (χ0) is 14.0. The SMILES string of the molecule is COc1cc(S(=O)(=O)N(C)C2CCNC2)ccc1F.Cl. The van der Waals surface area contributed by atoms with Crippen LogP contribution in [0, 0.1) is 5.82 Å². The van der Waals surface area contributed by atoms with Crippen LogP contribution >= 0.6 is 12.4 Å². The summed E-state index contributed by atoms with van der Waals surface area (Å²) in [4.78, 5) is 0.0418. The first-order valence-corrected chi connectivity index (χ1v) is 7.43. The first kappa shape index (κ1) is 17.2. The van der Waals surface area contributed by atoms with Crippen LogP contribution in [0.25, 0.3) is 0 Å². The Balaban J connectivity index is 0.00000200. The molecule has 1 unspecified atom stereocenters. The molecule has 1 atom stereocenters. The average molecular weight is 325 g/mol. The lowest BCUT2D eigenvalue weighted by atomic mass is 10.3. The van der Waals surface area contributed by atoms with Gasteiger partial charge in [-0.05, 0) is 25.1 Å². The van der Waals surface area contributed by atoms with Crippen molar-refractivity contribution >= 4 is 22.4 Å². The lowest BCUT2D eigenvalue weighted by molar-refractivity contribution is 0.379. The molecule has 1 aromatic rings. The predicted octanol–water partition coefficient (Wildman–Crippen LogP) is 1.24. The third-order valence-electron chi connectivity index (χ3n) is 3.35. The van der Waals surface area contributed by atoms with E-state index >= 15 is 0 Å². The van der Waals surface area contributed by atoms with Gasteiger partial charge in [0.15, 0.2) is 11.6 Å². The minimum absolute atomic E-state index is 0. The largest absolute Gasteiger partial charge is 0.494 e. The number of nitrogens with one attached hydrogen (secondary N) is 1. The molecule has 1 N–H and O–H groups in total. The van der Waals surface area contributed by atoms with Gasteiger partial charge in [-0.25, -0.2) is 12.8 Å². The van der Waals surface area contributed by atoms with Gasteiger partial charge in [-0.1, -0.05) is 0 Å². The number of hydrogen-bond donors (Lipinski definition) is 1. The van der Waals surface area contributed by atoms with Crippen LogP contribution in [0.3, 0.4) is 0 Å². The van der Waals surface area contributed by atoms with Gasteiger partial charge in [0.05, 0.1) is 12.0 Å². The van der Waals surface area contributed by atoms with E-state index in [1.54, 1.807) is 7.05 Å². The number of nitrogens with zero attached hydrogens (tertiary/aromatic N) is 1. The van der Waals surface area contributed by atoms with Crippen molar-refractivity contribution in [3.63, 3.8) is 0 Å². The van der Waals surface area contributed by atoms with Crippen LogP contribution in [0.4, 0.5) is 4.39 Å². The number of halogens is 2. The van der Waals surface area contributed by atoms with Crippen LogP contribution in [0.15, 0.2) is 23.1 Å².